The first-order chi connectivity index (χ1) is 11.7. The second kappa shape index (κ2) is 5.46. The molecule has 0 heterocycles. The van der Waals surface area contributed by atoms with Crippen molar-refractivity contribution < 1.29 is 9.90 Å². The average molecular weight is 341 g/mol. The molecule has 2 heteroatoms. The molecule has 4 aliphatic carbocycles. The Balaban J connectivity index is 1.66. The number of carbonyl (C=O) groups excluding carboxylic acids is 1. The summed E-state index contributed by atoms with van der Waals surface area (Å²) in [6, 6.07) is 0. The minimum absolute atomic E-state index is 0.166. The number of fused-ring (bicyclic) bond motifs is 5. The van der Waals surface area contributed by atoms with E-state index in [1.165, 1.54) is 24.8 Å². The largest absolute Gasteiger partial charge is 0.378 e. The molecule has 0 bridgehead atoms. The van der Waals surface area contributed by atoms with Gasteiger partial charge in [0.2, 0.25) is 0 Å². The SMILES string of the molecule is C#CC(C)(O)C1CCC2C3CCC4=CC(=O)CCC4(C)C3CCC21C. The first kappa shape index (κ1) is 17.3. The van der Waals surface area contributed by atoms with E-state index in [-0.39, 0.29) is 16.7 Å². The predicted molar refractivity (Wildman–Crippen MR) is 99.7 cm³/mol. The molecule has 0 aromatic rings. The number of ketones is 1. The Morgan fingerprint density at radius 3 is 2.64 bits per heavy atom. The number of allylic oxidation sites excluding steroid dienone is 1. The Hall–Kier alpha value is -1.07. The molecule has 0 saturated heterocycles. The molecule has 1 N–H and O–H groups in total. The third-order valence-corrected chi connectivity index (χ3v) is 8.93. The zero-order chi connectivity index (χ0) is 18.0. The molecular formula is C23H32O2. The third kappa shape index (κ3) is 2.31. The Morgan fingerprint density at radius 2 is 1.92 bits per heavy atom. The fourth-order valence-electron chi connectivity index (χ4n) is 7.58. The van der Waals surface area contributed by atoms with Crippen LogP contribution in [0, 0.1) is 46.8 Å². The maximum Gasteiger partial charge on any atom is 0.155 e. The first-order valence-corrected chi connectivity index (χ1v) is 10.2. The molecule has 3 saturated carbocycles. The van der Waals surface area contributed by atoms with Crippen LogP contribution >= 0.6 is 0 Å². The van der Waals surface area contributed by atoms with Crippen LogP contribution in [0.1, 0.15) is 72.1 Å². The fourth-order valence-corrected chi connectivity index (χ4v) is 7.58. The normalized spacial score (nSPS) is 48.4. The Bertz CT molecular complexity index is 666. The summed E-state index contributed by atoms with van der Waals surface area (Å²) in [6.07, 6.45) is 16.4. The van der Waals surface area contributed by atoms with Gasteiger partial charge < -0.3 is 5.11 Å². The van der Waals surface area contributed by atoms with E-state index in [2.05, 4.69) is 19.8 Å². The van der Waals surface area contributed by atoms with Gasteiger partial charge in [0.1, 0.15) is 5.60 Å². The monoisotopic (exact) mass is 340 g/mol. The van der Waals surface area contributed by atoms with Crippen molar-refractivity contribution in [2.45, 2.75) is 77.7 Å². The van der Waals surface area contributed by atoms with E-state index in [1.807, 2.05) is 13.0 Å². The average Bonchev–Trinajstić information content (AvgIpc) is 2.93. The van der Waals surface area contributed by atoms with Crippen LogP contribution in [-0.4, -0.2) is 16.5 Å². The quantitative estimate of drug-likeness (QED) is 0.713. The highest BCUT2D eigenvalue weighted by atomic mass is 16.3. The van der Waals surface area contributed by atoms with Gasteiger partial charge in [-0.1, -0.05) is 25.3 Å². The molecule has 4 rings (SSSR count). The molecular weight excluding hydrogens is 308 g/mol. The molecule has 136 valence electrons. The number of hydrogen-bond acceptors (Lipinski definition) is 2. The van der Waals surface area contributed by atoms with E-state index in [1.54, 1.807) is 0 Å². The van der Waals surface area contributed by atoms with Gasteiger partial charge in [-0.3, -0.25) is 4.79 Å². The third-order valence-electron chi connectivity index (χ3n) is 8.93. The lowest BCUT2D eigenvalue weighted by Crippen LogP contribution is -2.52. The summed E-state index contributed by atoms with van der Waals surface area (Å²) in [4.78, 5) is 11.9. The van der Waals surface area contributed by atoms with E-state index < -0.39 is 5.60 Å². The van der Waals surface area contributed by atoms with Crippen molar-refractivity contribution in [3.05, 3.63) is 11.6 Å². The lowest BCUT2D eigenvalue weighted by Gasteiger charge is -2.58. The molecule has 3 fully saturated rings. The van der Waals surface area contributed by atoms with Crippen LogP contribution in [0.15, 0.2) is 11.6 Å². The van der Waals surface area contributed by atoms with Crippen LogP contribution in [-0.2, 0) is 4.79 Å². The number of hydrogen-bond donors (Lipinski definition) is 1. The van der Waals surface area contributed by atoms with Crippen molar-refractivity contribution >= 4 is 5.78 Å². The molecule has 0 amide bonds. The van der Waals surface area contributed by atoms with Gasteiger partial charge in [-0.25, -0.2) is 0 Å². The van der Waals surface area contributed by atoms with Crippen LogP contribution < -0.4 is 0 Å². The summed E-state index contributed by atoms with van der Waals surface area (Å²) in [7, 11) is 0. The molecule has 0 aliphatic heterocycles. The lowest BCUT2D eigenvalue weighted by molar-refractivity contribution is -0.118. The van der Waals surface area contributed by atoms with Crippen LogP contribution in [0.2, 0.25) is 0 Å². The smallest absolute Gasteiger partial charge is 0.155 e. The topological polar surface area (TPSA) is 37.3 Å². The summed E-state index contributed by atoms with van der Waals surface area (Å²) in [5, 5.41) is 10.8. The number of rotatable bonds is 1. The molecule has 0 aromatic carbocycles. The van der Waals surface area contributed by atoms with E-state index >= 15 is 0 Å². The second-order valence-corrected chi connectivity index (χ2v) is 9.94. The molecule has 7 unspecified atom stereocenters. The summed E-state index contributed by atoms with van der Waals surface area (Å²) in [5.41, 5.74) is 0.833. The number of carbonyl (C=O) groups is 1. The van der Waals surface area contributed by atoms with Crippen molar-refractivity contribution in [2.75, 3.05) is 0 Å². The van der Waals surface area contributed by atoms with Gasteiger partial charge in [0, 0.05) is 12.3 Å². The van der Waals surface area contributed by atoms with Gasteiger partial charge in [0.15, 0.2) is 5.78 Å². The van der Waals surface area contributed by atoms with Crippen LogP contribution in [0.25, 0.3) is 0 Å². The molecule has 25 heavy (non-hydrogen) atoms. The summed E-state index contributed by atoms with van der Waals surface area (Å²) in [6.45, 7) is 6.66. The van der Waals surface area contributed by atoms with Gasteiger partial charge in [-0.05, 0) is 86.5 Å². The van der Waals surface area contributed by atoms with Gasteiger partial charge in [-0.2, -0.15) is 0 Å². The standard InChI is InChI=1S/C23H32O2/c1-5-23(4,25)20-9-8-18-17-7-6-15-14-16(24)10-12-21(15,2)19(17)11-13-22(18,20)3/h1,14,17-20,25H,6-13H2,2-4H3. The zero-order valence-electron chi connectivity index (χ0n) is 16.0. The van der Waals surface area contributed by atoms with Crippen molar-refractivity contribution in [3.8, 4) is 12.3 Å². The van der Waals surface area contributed by atoms with Gasteiger partial charge in [0.25, 0.3) is 0 Å². The zero-order valence-corrected chi connectivity index (χ0v) is 16.0. The lowest BCUT2D eigenvalue weighted by atomic mass is 9.46. The van der Waals surface area contributed by atoms with Gasteiger partial charge in [0.05, 0.1) is 0 Å². The Morgan fingerprint density at radius 1 is 1.16 bits per heavy atom. The van der Waals surface area contributed by atoms with Gasteiger partial charge >= 0.3 is 0 Å². The van der Waals surface area contributed by atoms with Crippen LogP contribution in [0.3, 0.4) is 0 Å². The summed E-state index contributed by atoms with van der Waals surface area (Å²) in [5.74, 6) is 5.33. The molecule has 0 spiro atoms. The maximum atomic E-state index is 11.9. The van der Waals surface area contributed by atoms with Crippen molar-refractivity contribution in [1.29, 1.82) is 0 Å². The van der Waals surface area contributed by atoms with E-state index in [9.17, 15) is 9.90 Å². The van der Waals surface area contributed by atoms with E-state index in [4.69, 9.17) is 6.42 Å². The maximum absolute atomic E-state index is 11.9. The fraction of sp³-hybridized carbons (Fsp3) is 0.783. The van der Waals surface area contributed by atoms with Crippen molar-refractivity contribution in [2.24, 2.45) is 34.5 Å². The first-order valence-electron chi connectivity index (χ1n) is 10.2. The van der Waals surface area contributed by atoms with Crippen LogP contribution in [0.5, 0.6) is 0 Å². The van der Waals surface area contributed by atoms with Crippen LogP contribution in [0.4, 0.5) is 0 Å². The molecule has 2 nitrogen and oxygen atoms in total. The van der Waals surface area contributed by atoms with E-state index in [0.29, 0.717) is 17.6 Å². The van der Waals surface area contributed by atoms with Crippen molar-refractivity contribution in [1.82, 2.24) is 0 Å². The minimum Gasteiger partial charge on any atom is -0.378 e. The Kier molecular flexibility index (Phi) is 3.79. The summed E-state index contributed by atoms with van der Waals surface area (Å²) < 4.78 is 0. The second-order valence-electron chi connectivity index (χ2n) is 9.94. The van der Waals surface area contributed by atoms with Crippen molar-refractivity contribution in [3.63, 3.8) is 0 Å². The van der Waals surface area contributed by atoms with E-state index in [0.717, 1.165) is 38.0 Å². The predicted octanol–water partition coefficient (Wildman–Crippen LogP) is 4.52. The summed E-state index contributed by atoms with van der Waals surface area (Å²) >= 11 is 0. The highest BCUT2D eigenvalue weighted by Gasteiger charge is 2.61. The van der Waals surface area contributed by atoms with Gasteiger partial charge in [-0.15, -0.1) is 6.42 Å². The molecule has 4 aliphatic rings. The molecule has 0 aromatic heterocycles. The molecule has 0 radical (unpaired) electrons. The number of terminal acetylenes is 1. The number of aliphatic hydroxyl groups is 1. The minimum atomic E-state index is -0.989. The molecule has 7 atom stereocenters. The highest BCUT2D eigenvalue weighted by Crippen LogP contribution is 2.67. The Labute approximate surface area is 152 Å². The highest BCUT2D eigenvalue weighted by molar-refractivity contribution is 5.91.